The summed E-state index contributed by atoms with van der Waals surface area (Å²) in [5, 5.41) is 4.93. The molecule has 0 aliphatic rings. The summed E-state index contributed by atoms with van der Waals surface area (Å²) in [6.45, 7) is 12.9. The smallest absolute Gasteiger partial charge is 0.259 e. The second kappa shape index (κ2) is 13.9. The maximum Gasteiger partial charge on any atom is 0.259 e. The van der Waals surface area contributed by atoms with Crippen LogP contribution in [0.4, 0.5) is 5.82 Å². The van der Waals surface area contributed by atoms with Gasteiger partial charge in [-0.3, -0.25) is 19.2 Å². The highest BCUT2D eigenvalue weighted by molar-refractivity contribution is 7.71. The highest BCUT2D eigenvalue weighted by Gasteiger charge is 2.31. The van der Waals surface area contributed by atoms with Gasteiger partial charge in [-0.05, 0) is 43.5 Å². The molecule has 2 rings (SSSR count). The van der Waals surface area contributed by atoms with Crippen LogP contribution in [-0.2, 0) is 25.4 Å². The maximum atomic E-state index is 13.7. The zero-order valence-corrected chi connectivity index (χ0v) is 24.9. The van der Waals surface area contributed by atoms with E-state index in [0.29, 0.717) is 34.9 Å². The van der Waals surface area contributed by atoms with Gasteiger partial charge < -0.3 is 14.0 Å². The van der Waals surface area contributed by atoms with Gasteiger partial charge in [0.2, 0.25) is 6.41 Å². The third kappa shape index (κ3) is 7.10. The Hall–Kier alpha value is -3.46. The van der Waals surface area contributed by atoms with E-state index in [1.807, 2.05) is 54.0 Å². The molecule has 0 saturated carbocycles. The highest BCUT2D eigenvalue weighted by Crippen LogP contribution is 2.34. The first-order valence-electron chi connectivity index (χ1n) is 12.9. The number of nitrogens with zero attached hydrogens (tertiary/aromatic N) is 6. The minimum atomic E-state index is -0.230. The third-order valence-electron chi connectivity index (χ3n) is 6.14. The van der Waals surface area contributed by atoms with Gasteiger partial charge in [0, 0.05) is 40.9 Å². The lowest BCUT2D eigenvalue weighted by Crippen LogP contribution is -2.30. The van der Waals surface area contributed by atoms with Crippen molar-refractivity contribution in [1.29, 1.82) is 0 Å². The van der Waals surface area contributed by atoms with Crippen LogP contribution in [0.3, 0.4) is 0 Å². The van der Waals surface area contributed by atoms with Crippen molar-refractivity contribution >= 4 is 30.4 Å². The van der Waals surface area contributed by atoms with Crippen LogP contribution in [0.5, 0.6) is 0 Å². The molecule has 8 nitrogen and oxygen atoms in total. The van der Waals surface area contributed by atoms with Gasteiger partial charge in [-0.2, -0.15) is 5.10 Å². The van der Waals surface area contributed by atoms with E-state index in [2.05, 4.69) is 38.7 Å². The number of aryl methyl sites for hydroxylation is 1. The van der Waals surface area contributed by atoms with Crippen molar-refractivity contribution in [3.8, 4) is 11.4 Å². The number of hydrogen-bond donors (Lipinski definition) is 0. The summed E-state index contributed by atoms with van der Waals surface area (Å²) in [4.78, 5) is 29.0. The van der Waals surface area contributed by atoms with Gasteiger partial charge in [0.05, 0.1) is 12.2 Å². The summed E-state index contributed by atoms with van der Waals surface area (Å²) in [7, 11) is 7.16. The Morgan fingerprint density at radius 3 is 2.42 bits per heavy atom. The average Bonchev–Trinajstić information content (AvgIpc) is 3.36. The lowest BCUT2D eigenvalue weighted by Gasteiger charge is -2.20. The minimum Gasteiger partial charge on any atom is -0.345 e. The van der Waals surface area contributed by atoms with Crippen molar-refractivity contribution in [1.82, 2.24) is 23.8 Å². The normalized spacial score (nSPS) is 12.4. The van der Waals surface area contributed by atoms with Gasteiger partial charge in [0.15, 0.2) is 10.6 Å². The molecule has 0 atom stereocenters. The molecule has 2 amide bonds. The first-order valence-corrected chi connectivity index (χ1v) is 13.3. The number of anilines is 1. The summed E-state index contributed by atoms with van der Waals surface area (Å²) in [6.07, 6.45) is 14.3. The third-order valence-corrected chi connectivity index (χ3v) is 6.70. The van der Waals surface area contributed by atoms with Gasteiger partial charge in [0.1, 0.15) is 11.3 Å². The number of aromatic nitrogens is 4. The van der Waals surface area contributed by atoms with Crippen LogP contribution in [0.1, 0.15) is 50.9 Å². The molecule has 2 heterocycles. The molecule has 9 heteroatoms. The predicted molar refractivity (Wildman–Crippen MR) is 159 cm³/mol. The van der Waals surface area contributed by atoms with Crippen molar-refractivity contribution < 1.29 is 9.59 Å². The van der Waals surface area contributed by atoms with E-state index in [1.54, 1.807) is 20.2 Å². The molecule has 206 valence electrons. The quantitative estimate of drug-likeness (QED) is 0.187. The Balaban J connectivity index is 2.95. The fourth-order valence-corrected chi connectivity index (χ4v) is 4.28. The van der Waals surface area contributed by atoms with Crippen LogP contribution in [0.2, 0.25) is 0 Å². The van der Waals surface area contributed by atoms with E-state index in [4.69, 9.17) is 17.3 Å². The fourth-order valence-electron chi connectivity index (χ4n) is 4.13. The van der Waals surface area contributed by atoms with Gasteiger partial charge in [-0.1, -0.05) is 63.3 Å². The van der Waals surface area contributed by atoms with Crippen molar-refractivity contribution in [2.75, 3.05) is 25.5 Å². The van der Waals surface area contributed by atoms with Gasteiger partial charge in [0.25, 0.3) is 5.91 Å². The lowest BCUT2D eigenvalue weighted by molar-refractivity contribution is -0.107. The summed E-state index contributed by atoms with van der Waals surface area (Å²) in [5.74, 6) is 0.303. The standard InChI is InChI=1S/C29H42N6O2S/c1-10-12-14-15-22(5)23(16-13-11-2)18-35-26(24-19-32(8)29(38)33(24)9)25(28(37)31(6)7)27(30-35)34(20-36)17-21(3)4/h10,12-14,16,19-21H,1,11,15,17-18H2,2-9H3/b14-12-,16-13-,23-22+. The molecule has 0 aliphatic carbocycles. The van der Waals surface area contributed by atoms with Crippen LogP contribution in [0.15, 0.2) is 54.3 Å². The zero-order chi connectivity index (χ0) is 28.6. The van der Waals surface area contributed by atoms with Gasteiger partial charge in [-0.25, -0.2) is 0 Å². The van der Waals surface area contributed by atoms with E-state index >= 15 is 0 Å². The summed E-state index contributed by atoms with van der Waals surface area (Å²) in [6, 6.07) is 0. The summed E-state index contributed by atoms with van der Waals surface area (Å²) >= 11 is 5.60. The van der Waals surface area contributed by atoms with E-state index < -0.39 is 0 Å². The fraction of sp³-hybridized carbons (Fsp3) is 0.448. The average molecular weight is 539 g/mol. The molecule has 0 saturated heterocycles. The molecule has 0 aromatic carbocycles. The molecule has 0 fully saturated rings. The molecule has 0 radical (unpaired) electrons. The number of rotatable bonds is 13. The van der Waals surface area contributed by atoms with Crippen molar-refractivity contribution in [2.45, 2.75) is 47.1 Å². The highest BCUT2D eigenvalue weighted by atomic mass is 32.1. The molecule has 0 bridgehead atoms. The Bertz CT molecular complexity index is 1300. The van der Waals surface area contributed by atoms with Crippen LogP contribution in [0, 0.1) is 10.7 Å². The van der Waals surface area contributed by atoms with Crippen molar-refractivity contribution in [3.05, 3.63) is 64.6 Å². The van der Waals surface area contributed by atoms with Gasteiger partial charge >= 0.3 is 0 Å². The Morgan fingerprint density at radius 2 is 1.92 bits per heavy atom. The molecule has 0 N–H and O–H groups in total. The number of carbonyl (C=O) groups excluding carboxylic acids is 2. The second-order valence-electron chi connectivity index (χ2n) is 10.0. The zero-order valence-electron chi connectivity index (χ0n) is 24.1. The predicted octanol–water partition coefficient (Wildman–Crippen LogP) is 5.69. The van der Waals surface area contributed by atoms with E-state index in [0.717, 1.165) is 30.5 Å². The Morgan fingerprint density at radius 1 is 1.24 bits per heavy atom. The Labute approximate surface area is 232 Å². The van der Waals surface area contributed by atoms with Crippen LogP contribution in [-0.4, -0.2) is 56.8 Å². The first-order chi connectivity index (χ1) is 18.0. The monoisotopic (exact) mass is 538 g/mol. The summed E-state index contributed by atoms with van der Waals surface area (Å²) in [5.41, 5.74) is 4.01. The van der Waals surface area contributed by atoms with Crippen molar-refractivity contribution in [3.63, 3.8) is 0 Å². The minimum absolute atomic E-state index is 0.185. The molecule has 0 aliphatic heterocycles. The van der Waals surface area contributed by atoms with Crippen LogP contribution in [0.25, 0.3) is 11.4 Å². The Kier molecular flexibility index (Phi) is 11.3. The van der Waals surface area contributed by atoms with Crippen molar-refractivity contribution in [2.24, 2.45) is 20.0 Å². The molecule has 2 aromatic heterocycles. The molecule has 2 aromatic rings. The number of carbonyl (C=O) groups is 2. The number of amides is 2. The number of allylic oxidation sites excluding steroid dienone is 7. The van der Waals surface area contributed by atoms with E-state index in [-0.39, 0.29) is 11.8 Å². The van der Waals surface area contributed by atoms with Crippen LogP contribution < -0.4 is 4.90 Å². The lowest BCUT2D eigenvalue weighted by atomic mass is 10.0. The first kappa shape index (κ1) is 30.8. The summed E-state index contributed by atoms with van der Waals surface area (Å²) < 4.78 is 6.16. The largest absolute Gasteiger partial charge is 0.345 e. The molecule has 0 spiro atoms. The SMILES string of the molecule is C=C/C=C\C/C(C)=C(\C=C/CC)Cn1nc(N(C=O)CC(C)C)c(C(=O)N(C)C)c1-c1cn(C)c(=S)n1C. The van der Waals surface area contributed by atoms with Crippen LogP contribution >= 0.6 is 12.2 Å². The maximum absolute atomic E-state index is 13.7. The second-order valence-corrected chi connectivity index (χ2v) is 10.4. The topological polar surface area (TPSA) is 68.3 Å². The van der Waals surface area contributed by atoms with Gasteiger partial charge in [-0.15, -0.1) is 0 Å². The molecular weight excluding hydrogens is 496 g/mol. The number of imidazole rings is 1. The number of hydrogen-bond acceptors (Lipinski definition) is 4. The van der Waals surface area contributed by atoms with E-state index in [9.17, 15) is 9.59 Å². The molecule has 0 unspecified atom stereocenters. The molecular formula is C29H42N6O2S. The molecule has 38 heavy (non-hydrogen) atoms. The van der Waals surface area contributed by atoms with E-state index in [1.165, 1.54) is 15.4 Å².